The largest absolute Gasteiger partial charge is 0.278 e. The fourth-order valence-corrected chi connectivity index (χ4v) is 7.15. The summed E-state index contributed by atoms with van der Waals surface area (Å²) in [5.41, 5.74) is 3.02. The van der Waals surface area contributed by atoms with Gasteiger partial charge in [-0.1, -0.05) is 47.5 Å². The van der Waals surface area contributed by atoms with Gasteiger partial charge in [0.25, 0.3) is 20.0 Å². The lowest BCUT2D eigenvalue weighted by atomic mass is 10.0. The Bertz CT molecular complexity index is 1260. The van der Waals surface area contributed by atoms with Crippen molar-refractivity contribution in [3.63, 3.8) is 0 Å². The van der Waals surface area contributed by atoms with Crippen LogP contribution in [-0.2, 0) is 20.0 Å². The first kappa shape index (κ1) is 17.8. The number of hydrogen-bond acceptors (Lipinski definition) is 4. The van der Waals surface area contributed by atoms with Crippen molar-refractivity contribution in [2.24, 2.45) is 0 Å². The van der Waals surface area contributed by atoms with Crippen molar-refractivity contribution in [1.82, 2.24) is 0 Å². The zero-order chi connectivity index (χ0) is 19.4. The lowest BCUT2D eigenvalue weighted by molar-refractivity contribution is 0.583. The highest BCUT2D eigenvalue weighted by Crippen LogP contribution is 2.45. The molecule has 1 aliphatic heterocycles. The molecule has 3 aromatic carbocycles. The molecule has 0 aliphatic carbocycles. The van der Waals surface area contributed by atoms with Crippen molar-refractivity contribution >= 4 is 25.7 Å². The summed E-state index contributed by atoms with van der Waals surface area (Å²) in [4.78, 5) is -0.0821. The molecule has 138 valence electrons. The van der Waals surface area contributed by atoms with Crippen molar-refractivity contribution in [2.45, 2.75) is 23.6 Å². The lowest BCUT2D eigenvalue weighted by Crippen LogP contribution is -2.39. The van der Waals surface area contributed by atoms with Crippen LogP contribution in [0.2, 0.25) is 0 Å². The zero-order valence-corrected chi connectivity index (χ0v) is 16.4. The number of hydrogen-bond donors (Lipinski definition) is 0. The van der Waals surface area contributed by atoms with Crippen LogP contribution < -0.4 is 3.71 Å². The van der Waals surface area contributed by atoms with Crippen LogP contribution >= 0.6 is 0 Å². The molecular weight excluding hydrogens is 382 g/mol. The Labute approximate surface area is 159 Å². The van der Waals surface area contributed by atoms with Gasteiger partial charge in [-0.15, -0.1) is 0 Å². The smallest absolute Gasteiger partial charge is 0.200 e. The van der Waals surface area contributed by atoms with E-state index < -0.39 is 20.0 Å². The molecule has 0 N–H and O–H groups in total. The van der Waals surface area contributed by atoms with E-state index in [9.17, 15) is 16.8 Å². The van der Waals surface area contributed by atoms with E-state index in [1.807, 2.05) is 13.8 Å². The molecule has 0 aromatic heterocycles. The van der Waals surface area contributed by atoms with Gasteiger partial charge in [0, 0.05) is 11.1 Å². The van der Waals surface area contributed by atoms with E-state index in [0.717, 1.165) is 11.1 Å². The Morgan fingerprint density at radius 3 is 2.11 bits per heavy atom. The summed E-state index contributed by atoms with van der Waals surface area (Å²) in [5, 5.41) is 0. The second kappa shape index (κ2) is 5.94. The highest BCUT2D eigenvalue weighted by Gasteiger charge is 2.42. The van der Waals surface area contributed by atoms with Gasteiger partial charge in [0.1, 0.15) is 0 Å². The summed E-state index contributed by atoms with van der Waals surface area (Å²) < 4.78 is 53.8. The van der Waals surface area contributed by atoms with Gasteiger partial charge in [-0.05, 0) is 44.2 Å². The van der Waals surface area contributed by atoms with E-state index in [1.54, 1.807) is 48.5 Å². The lowest BCUT2D eigenvalue weighted by Gasteiger charge is -2.31. The maximum absolute atomic E-state index is 13.3. The Morgan fingerprint density at radius 2 is 1.41 bits per heavy atom. The predicted molar refractivity (Wildman–Crippen MR) is 105 cm³/mol. The average Bonchev–Trinajstić information content (AvgIpc) is 2.62. The molecule has 1 aliphatic rings. The van der Waals surface area contributed by atoms with Crippen molar-refractivity contribution in [3.8, 4) is 11.1 Å². The van der Waals surface area contributed by atoms with Crippen LogP contribution in [0, 0.1) is 13.8 Å². The molecule has 1 heterocycles. The maximum atomic E-state index is 13.3. The molecule has 7 heteroatoms. The van der Waals surface area contributed by atoms with E-state index >= 15 is 0 Å². The first-order valence-electron chi connectivity index (χ1n) is 8.30. The van der Waals surface area contributed by atoms with Crippen LogP contribution in [0.3, 0.4) is 0 Å². The molecule has 5 nitrogen and oxygen atoms in total. The van der Waals surface area contributed by atoms with Crippen LogP contribution in [0.15, 0.2) is 76.5 Å². The van der Waals surface area contributed by atoms with Gasteiger partial charge in [0.05, 0.1) is 15.5 Å². The molecule has 0 bridgehead atoms. The minimum Gasteiger partial charge on any atom is -0.200 e. The van der Waals surface area contributed by atoms with Crippen LogP contribution in [0.25, 0.3) is 11.1 Å². The van der Waals surface area contributed by atoms with E-state index in [0.29, 0.717) is 14.8 Å². The SMILES string of the molecule is Cc1ccc(S(=O)(=O)N2c3ccc(C)cc3-c3ccccc3S2(=O)=O)cc1. The molecule has 0 spiro atoms. The first-order chi connectivity index (χ1) is 12.7. The number of nitrogens with zero attached hydrogens (tertiary/aromatic N) is 1. The quantitative estimate of drug-likeness (QED) is 0.656. The second-order valence-corrected chi connectivity index (χ2v) is 10.3. The van der Waals surface area contributed by atoms with Crippen molar-refractivity contribution < 1.29 is 16.8 Å². The summed E-state index contributed by atoms with van der Waals surface area (Å²) >= 11 is 0. The highest BCUT2D eigenvalue weighted by atomic mass is 32.3. The third-order valence-corrected chi connectivity index (χ3v) is 8.78. The van der Waals surface area contributed by atoms with Crippen molar-refractivity contribution in [2.75, 3.05) is 3.71 Å². The number of aryl methyl sites for hydroxylation is 2. The predicted octanol–water partition coefficient (Wildman–Crippen LogP) is 3.87. The van der Waals surface area contributed by atoms with Crippen molar-refractivity contribution in [1.29, 1.82) is 0 Å². The Hall–Kier alpha value is -2.64. The number of fused-ring (bicyclic) bond motifs is 3. The summed E-state index contributed by atoms with van der Waals surface area (Å²) in [6.45, 7) is 3.72. The third-order valence-electron chi connectivity index (χ3n) is 4.56. The Kier molecular flexibility index (Phi) is 3.90. The van der Waals surface area contributed by atoms with Gasteiger partial charge in [0.15, 0.2) is 0 Å². The topological polar surface area (TPSA) is 71.5 Å². The van der Waals surface area contributed by atoms with Crippen LogP contribution in [0.1, 0.15) is 11.1 Å². The van der Waals surface area contributed by atoms with E-state index in [1.165, 1.54) is 18.2 Å². The highest BCUT2D eigenvalue weighted by molar-refractivity contribution is 8.10. The molecule has 27 heavy (non-hydrogen) atoms. The second-order valence-electron chi connectivity index (χ2n) is 6.54. The summed E-state index contributed by atoms with van der Waals surface area (Å²) in [5.74, 6) is 0. The number of sulfonamides is 2. The average molecular weight is 399 g/mol. The van der Waals surface area contributed by atoms with E-state index in [2.05, 4.69) is 0 Å². The molecule has 0 saturated carbocycles. The first-order valence-corrected chi connectivity index (χ1v) is 11.2. The summed E-state index contributed by atoms with van der Waals surface area (Å²) in [7, 11) is -8.59. The molecule has 0 fully saturated rings. The minimum absolute atomic E-state index is 0.0150. The van der Waals surface area contributed by atoms with Crippen LogP contribution in [0.4, 0.5) is 5.69 Å². The van der Waals surface area contributed by atoms with E-state index in [-0.39, 0.29) is 15.5 Å². The Morgan fingerprint density at radius 1 is 0.778 bits per heavy atom. The van der Waals surface area contributed by atoms with Crippen molar-refractivity contribution in [3.05, 3.63) is 77.9 Å². The van der Waals surface area contributed by atoms with Gasteiger partial charge in [-0.3, -0.25) is 0 Å². The van der Waals surface area contributed by atoms with E-state index in [4.69, 9.17) is 0 Å². The van der Waals surface area contributed by atoms with Gasteiger partial charge in [-0.25, -0.2) is 8.42 Å². The summed E-state index contributed by atoms with van der Waals surface area (Å²) in [6.07, 6.45) is 0. The fraction of sp³-hybridized carbons (Fsp3) is 0.100. The molecule has 0 unspecified atom stereocenters. The van der Waals surface area contributed by atoms with Gasteiger partial charge in [0.2, 0.25) is 0 Å². The molecule has 0 radical (unpaired) electrons. The van der Waals surface area contributed by atoms with Crippen LogP contribution in [0.5, 0.6) is 0 Å². The molecular formula is C20H17NO4S2. The molecule has 0 amide bonds. The minimum atomic E-state index is -4.31. The molecule has 0 atom stereocenters. The van der Waals surface area contributed by atoms with Gasteiger partial charge in [-0.2, -0.15) is 12.1 Å². The number of rotatable bonds is 2. The zero-order valence-electron chi connectivity index (χ0n) is 14.7. The normalized spacial score (nSPS) is 15.1. The molecule has 3 aromatic rings. The molecule has 0 saturated heterocycles. The standard InChI is InChI=1S/C20H17NO4S2/c1-14-7-10-16(11-8-14)26(22,23)21-19-12-9-15(2)13-18(19)17-5-3-4-6-20(17)27(21,24)25/h3-13H,1-2H3. The Balaban J connectivity index is 2.06. The van der Waals surface area contributed by atoms with Crippen LogP contribution in [-0.4, -0.2) is 16.8 Å². The number of benzene rings is 3. The summed E-state index contributed by atoms with van der Waals surface area (Å²) in [6, 6.07) is 17.7. The molecule has 4 rings (SSSR count). The number of anilines is 1. The maximum Gasteiger partial charge on any atom is 0.278 e. The van der Waals surface area contributed by atoms with Gasteiger partial charge < -0.3 is 0 Å². The monoisotopic (exact) mass is 399 g/mol. The fourth-order valence-electron chi connectivity index (χ4n) is 3.22. The third kappa shape index (κ3) is 2.65. The van der Waals surface area contributed by atoms with Gasteiger partial charge >= 0.3 is 0 Å².